The highest BCUT2D eigenvalue weighted by Crippen LogP contribution is 2.39. The Balaban J connectivity index is 2.07. The van der Waals surface area contributed by atoms with Gasteiger partial charge < -0.3 is 14.6 Å². The van der Waals surface area contributed by atoms with Crippen molar-refractivity contribution in [2.24, 2.45) is 5.41 Å². The van der Waals surface area contributed by atoms with Gasteiger partial charge in [0.1, 0.15) is 0 Å². The fraction of sp³-hybridized carbons (Fsp3) is 0.647. The molecule has 22 heavy (non-hydrogen) atoms. The van der Waals surface area contributed by atoms with E-state index >= 15 is 0 Å². The summed E-state index contributed by atoms with van der Waals surface area (Å²) in [6, 6.07) is 4.95. The van der Waals surface area contributed by atoms with E-state index in [0.717, 1.165) is 18.7 Å². The first-order valence-electron chi connectivity index (χ1n) is 7.57. The number of aliphatic hydroxyl groups is 1. The van der Waals surface area contributed by atoms with Crippen LogP contribution >= 0.6 is 0 Å². The van der Waals surface area contributed by atoms with Crippen molar-refractivity contribution in [2.45, 2.75) is 32.4 Å². The van der Waals surface area contributed by atoms with Crippen LogP contribution in [0.25, 0.3) is 0 Å². The minimum Gasteiger partial charge on any atom is -0.494 e. The van der Waals surface area contributed by atoms with Crippen molar-refractivity contribution < 1.29 is 19.0 Å². The third-order valence-electron chi connectivity index (χ3n) is 4.73. The molecule has 0 amide bonds. The molecule has 0 aliphatic carbocycles. The smallest absolute Gasteiger partial charge is 0.165 e. The van der Waals surface area contributed by atoms with Gasteiger partial charge in [-0.25, -0.2) is 4.39 Å². The molecule has 1 N–H and O–H groups in total. The van der Waals surface area contributed by atoms with Crippen molar-refractivity contribution in [1.29, 1.82) is 0 Å². The maximum absolute atomic E-state index is 13.5. The zero-order valence-corrected chi connectivity index (χ0v) is 13.9. The fourth-order valence-corrected chi connectivity index (χ4v) is 3.17. The van der Waals surface area contributed by atoms with Gasteiger partial charge in [0, 0.05) is 32.2 Å². The van der Waals surface area contributed by atoms with Crippen molar-refractivity contribution in [3.8, 4) is 5.75 Å². The molecular weight excluding hydrogens is 285 g/mol. The third-order valence-corrected chi connectivity index (χ3v) is 4.73. The summed E-state index contributed by atoms with van der Waals surface area (Å²) in [4.78, 5) is 2.27. The summed E-state index contributed by atoms with van der Waals surface area (Å²) in [7, 11) is 3.09. The third kappa shape index (κ3) is 3.42. The Hall–Kier alpha value is -1.17. The van der Waals surface area contributed by atoms with Crippen LogP contribution in [0.3, 0.4) is 0 Å². The Bertz CT molecular complexity index is 521. The average Bonchev–Trinajstić information content (AvgIpc) is 2.45. The minimum absolute atomic E-state index is 0.268. The quantitative estimate of drug-likeness (QED) is 0.907. The molecule has 1 aromatic rings. The molecule has 124 valence electrons. The number of rotatable bonds is 5. The van der Waals surface area contributed by atoms with E-state index in [1.54, 1.807) is 19.2 Å². The highest BCUT2D eigenvalue weighted by atomic mass is 19.1. The Morgan fingerprint density at radius 1 is 1.32 bits per heavy atom. The van der Waals surface area contributed by atoms with E-state index in [1.807, 2.05) is 0 Å². The number of hydrogen-bond donors (Lipinski definition) is 1. The molecule has 1 fully saturated rings. The van der Waals surface area contributed by atoms with Crippen LogP contribution in [-0.2, 0) is 11.3 Å². The number of ether oxygens (including phenoxy) is 2. The summed E-state index contributed by atoms with van der Waals surface area (Å²) in [5.74, 6) is -0.0793. The summed E-state index contributed by atoms with van der Waals surface area (Å²) < 4.78 is 23.7. The summed E-state index contributed by atoms with van der Waals surface area (Å²) in [5, 5.41) is 10.8. The molecular formula is C17H26FNO3. The van der Waals surface area contributed by atoms with E-state index in [-0.39, 0.29) is 17.0 Å². The summed E-state index contributed by atoms with van der Waals surface area (Å²) in [6.07, 6.45) is 0.659. The van der Waals surface area contributed by atoms with Crippen molar-refractivity contribution in [1.82, 2.24) is 4.90 Å². The second-order valence-electron chi connectivity index (χ2n) is 6.78. The lowest BCUT2D eigenvalue weighted by Gasteiger charge is -2.50. The van der Waals surface area contributed by atoms with Crippen molar-refractivity contribution in [3.05, 3.63) is 29.6 Å². The molecule has 1 aliphatic rings. The molecule has 0 aromatic heterocycles. The van der Waals surface area contributed by atoms with Gasteiger partial charge in [-0.05, 0) is 24.1 Å². The lowest BCUT2D eigenvalue weighted by atomic mass is 9.70. The monoisotopic (exact) mass is 311 g/mol. The second-order valence-corrected chi connectivity index (χ2v) is 6.78. The zero-order valence-electron chi connectivity index (χ0n) is 13.9. The molecule has 2 rings (SSSR count). The average molecular weight is 311 g/mol. The Labute approximate surface area is 131 Å². The summed E-state index contributed by atoms with van der Waals surface area (Å²) >= 11 is 0. The van der Waals surface area contributed by atoms with E-state index < -0.39 is 5.60 Å². The van der Waals surface area contributed by atoms with Crippen LogP contribution in [0.5, 0.6) is 5.75 Å². The molecule has 0 radical (unpaired) electrons. The molecule has 0 saturated carbocycles. The molecule has 1 aliphatic heterocycles. The van der Waals surface area contributed by atoms with Gasteiger partial charge in [0.15, 0.2) is 11.6 Å². The number of halogens is 1. The van der Waals surface area contributed by atoms with E-state index in [1.165, 1.54) is 13.2 Å². The minimum atomic E-state index is -0.807. The fourth-order valence-electron chi connectivity index (χ4n) is 3.17. The molecule has 4 nitrogen and oxygen atoms in total. The van der Waals surface area contributed by atoms with Crippen LogP contribution in [0.4, 0.5) is 4.39 Å². The topological polar surface area (TPSA) is 41.9 Å². The van der Waals surface area contributed by atoms with Crippen molar-refractivity contribution in [3.63, 3.8) is 0 Å². The van der Waals surface area contributed by atoms with Gasteiger partial charge in [-0.1, -0.05) is 19.9 Å². The molecule has 1 atom stereocenters. The second kappa shape index (κ2) is 6.52. The summed E-state index contributed by atoms with van der Waals surface area (Å²) in [5.41, 5.74) is -0.0735. The van der Waals surface area contributed by atoms with E-state index in [2.05, 4.69) is 18.7 Å². The summed E-state index contributed by atoms with van der Waals surface area (Å²) in [6.45, 7) is 6.71. The molecule has 0 unspecified atom stereocenters. The Kier molecular flexibility index (Phi) is 5.10. The first-order chi connectivity index (χ1) is 10.3. The van der Waals surface area contributed by atoms with Gasteiger partial charge >= 0.3 is 0 Å². The van der Waals surface area contributed by atoms with E-state index in [0.29, 0.717) is 19.6 Å². The first kappa shape index (κ1) is 17.2. The molecule has 1 aromatic carbocycles. The zero-order chi connectivity index (χ0) is 16.4. The predicted molar refractivity (Wildman–Crippen MR) is 83.5 cm³/mol. The number of likely N-dealkylation sites (tertiary alicyclic amines) is 1. The van der Waals surface area contributed by atoms with Gasteiger partial charge in [-0.15, -0.1) is 0 Å². The molecule has 5 heteroatoms. The van der Waals surface area contributed by atoms with Crippen LogP contribution < -0.4 is 4.74 Å². The maximum atomic E-state index is 13.5. The van der Waals surface area contributed by atoms with Crippen LogP contribution in [0, 0.1) is 11.2 Å². The first-order valence-corrected chi connectivity index (χ1v) is 7.57. The number of hydrogen-bond acceptors (Lipinski definition) is 4. The van der Waals surface area contributed by atoms with Gasteiger partial charge in [0.2, 0.25) is 0 Å². The molecule has 1 saturated heterocycles. The number of piperidine rings is 1. The van der Waals surface area contributed by atoms with Crippen LogP contribution in [-0.4, -0.2) is 49.5 Å². The standard InChI is InChI=1S/C17H26FNO3/c1-16(2)11-19(8-7-17(16,20)12-21-3)10-13-5-6-14(18)15(9-13)22-4/h5-6,9,20H,7-8,10-12H2,1-4H3/t17-/m1/s1. The van der Waals surface area contributed by atoms with Crippen LogP contribution in [0.15, 0.2) is 18.2 Å². The van der Waals surface area contributed by atoms with Crippen LogP contribution in [0.1, 0.15) is 25.8 Å². The number of methoxy groups -OCH3 is 2. The Morgan fingerprint density at radius 2 is 2.05 bits per heavy atom. The van der Waals surface area contributed by atoms with Crippen LogP contribution in [0.2, 0.25) is 0 Å². The number of nitrogens with zero attached hydrogens (tertiary/aromatic N) is 1. The SMILES string of the molecule is COC[C@]1(O)CCN(Cc2ccc(F)c(OC)c2)CC1(C)C. The lowest BCUT2D eigenvalue weighted by Crippen LogP contribution is -2.59. The Morgan fingerprint density at radius 3 is 2.64 bits per heavy atom. The van der Waals surface area contributed by atoms with Gasteiger partial charge in [0.05, 0.1) is 19.3 Å². The van der Waals surface area contributed by atoms with Gasteiger partial charge in [0.25, 0.3) is 0 Å². The van der Waals surface area contributed by atoms with Gasteiger partial charge in [-0.3, -0.25) is 4.90 Å². The highest BCUT2D eigenvalue weighted by Gasteiger charge is 2.47. The van der Waals surface area contributed by atoms with Gasteiger partial charge in [-0.2, -0.15) is 0 Å². The largest absolute Gasteiger partial charge is 0.494 e. The van der Waals surface area contributed by atoms with E-state index in [4.69, 9.17) is 9.47 Å². The predicted octanol–water partition coefficient (Wildman–Crippen LogP) is 2.44. The van der Waals surface area contributed by atoms with Crippen molar-refractivity contribution >= 4 is 0 Å². The lowest BCUT2D eigenvalue weighted by molar-refractivity contribution is -0.151. The molecule has 1 heterocycles. The highest BCUT2D eigenvalue weighted by molar-refractivity contribution is 5.30. The normalized spacial score (nSPS) is 25.2. The number of benzene rings is 1. The van der Waals surface area contributed by atoms with E-state index in [9.17, 15) is 9.50 Å². The molecule has 0 spiro atoms. The molecule has 0 bridgehead atoms. The maximum Gasteiger partial charge on any atom is 0.165 e. The van der Waals surface area contributed by atoms with Crippen molar-refractivity contribution in [2.75, 3.05) is 33.9 Å².